The Morgan fingerprint density at radius 3 is 2.73 bits per heavy atom. The summed E-state index contributed by atoms with van der Waals surface area (Å²) in [6.07, 6.45) is 5.93. The van der Waals surface area contributed by atoms with Crippen LogP contribution in [-0.4, -0.2) is 24.7 Å². The van der Waals surface area contributed by atoms with Gasteiger partial charge in [-0.3, -0.25) is 9.05 Å². The van der Waals surface area contributed by atoms with E-state index in [1.807, 2.05) is 0 Å². The molecule has 0 aromatic heterocycles. The summed E-state index contributed by atoms with van der Waals surface area (Å²) >= 11 is 0. The van der Waals surface area contributed by atoms with Gasteiger partial charge in [0.1, 0.15) is 0 Å². The first-order chi connectivity index (χ1) is 7.12. The Morgan fingerprint density at radius 2 is 2.13 bits per heavy atom. The molecule has 0 saturated carbocycles. The minimum atomic E-state index is -3.97. The molecule has 0 aliphatic heterocycles. The summed E-state index contributed by atoms with van der Waals surface area (Å²) in [7, 11) is -3.97. The van der Waals surface area contributed by atoms with Crippen LogP contribution >= 0.6 is 7.82 Å². The fraction of sp³-hybridized carbons (Fsp3) is 0.500. The van der Waals surface area contributed by atoms with Crippen molar-refractivity contribution in [2.45, 2.75) is 6.92 Å². The molecule has 0 amide bonds. The Bertz CT molecular complexity index is 253. The van der Waals surface area contributed by atoms with Crippen molar-refractivity contribution in [2.75, 3.05) is 19.8 Å². The van der Waals surface area contributed by atoms with Crippen molar-refractivity contribution in [1.29, 1.82) is 0 Å². The van der Waals surface area contributed by atoms with E-state index in [2.05, 4.69) is 9.05 Å². The molecule has 15 heavy (non-hydrogen) atoms. The predicted molar refractivity (Wildman–Crippen MR) is 55.8 cm³/mol. The van der Waals surface area contributed by atoms with Crippen molar-refractivity contribution in [2.24, 2.45) is 5.73 Å². The minimum absolute atomic E-state index is 0.0213. The van der Waals surface area contributed by atoms with Crippen LogP contribution in [0.25, 0.3) is 0 Å². The Morgan fingerprint density at radius 1 is 1.40 bits per heavy atom. The number of phosphoric ester groups is 1. The zero-order valence-electron chi connectivity index (χ0n) is 8.54. The standard InChI is InChI=1S/C8H16NO5P/c1-2-5-12-6-3-7-13-15(10,11)14-8-4-9/h2-3,5-6H,4,7-9H2,1H3,(H,10,11)/b5-2+,6-3+. The number of nitrogens with two attached hydrogens (primary N) is 1. The molecule has 0 aromatic rings. The monoisotopic (exact) mass is 237 g/mol. The number of rotatable bonds is 8. The molecule has 1 atom stereocenters. The first-order valence-corrected chi connectivity index (χ1v) is 5.85. The number of ether oxygens (including phenoxy) is 1. The molecule has 7 heteroatoms. The fourth-order valence-electron chi connectivity index (χ4n) is 0.561. The zero-order valence-corrected chi connectivity index (χ0v) is 9.43. The van der Waals surface area contributed by atoms with Gasteiger partial charge >= 0.3 is 7.82 Å². The van der Waals surface area contributed by atoms with Gasteiger partial charge in [-0.25, -0.2) is 4.57 Å². The molecule has 0 saturated heterocycles. The smallest absolute Gasteiger partial charge is 0.472 e. The molecule has 0 aromatic carbocycles. The zero-order chi connectivity index (χ0) is 11.6. The Labute approximate surface area is 88.9 Å². The van der Waals surface area contributed by atoms with Gasteiger partial charge in [0.15, 0.2) is 0 Å². The second-order valence-electron chi connectivity index (χ2n) is 2.36. The van der Waals surface area contributed by atoms with Crippen LogP contribution in [0.1, 0.15) is 6.92 Å². The van der Waals surface area contributed by atoms with Crippen LogP contribution in [0.2, 0.25) is 0 Å². The molecular formula is C8H16NO5P. The van der Waals surface area contributed by atoms with E-state index in [-0.39, 0.29) is 19.8 Å². The van der Waals surface area contributed by atoms with E-state index < -0.39 is 7.82 Å². The lowest BCUT2D eigenvalue weighted by Gasteiger charge is -2.09. The second-order valence-corrected chi connectivity index (χ2v) is 3.82. The van der Waals surface area contributed by atoms with Crippen LogP contribution in [-0.2, 0) is 18.3 Å². The molecule has 0 bridgehead atoms. The average molecular weight is 237 g/mol. The topological polar surface area (TPSA) is 91.0 Å². The largest absolute Gasteiger partial charge is 0.473 e. The lowest BCUT2D eigenvalue weighted by Crippen LogP contribution is -2.08. The summed E-state index contributed by atoms with van der Waals surface area (Å²) in [5.41, 5.74) is 5.09. The van der Waals surface area contributed by atoms with Crippen LogP contribution in [0.5, 0.6) is 0 Å². The van der Waals surface area contributed by atoms with Crippen molar-refractivity contribution in [3.63, 3.8) is 0 Å². The van der Waals surface area contributed by atoms with Crippen molar-refractivity contribution in [3.05, 3.63) is 24.7 Å². The average Bonchev–Trinajstić information content (AvgIpc) is 2.20. The summed E-state index contributed by atoms with van der Waals surface area (Å²) in [5.74, 6) is 0. The normalized spacial score (nSPS) is 15.9. The van der Waals surface area contributed by atoms with E-state index >= 15 is 0 Å². The van der Waals surface area contributed by atoms with Gasteiger partial charge in [-0.2, -0.15) is 0 Å². The molecule has 0 spiro atoms. The Kier molecular flexibility index (Phi) is 8.27. The molecule has 0 aliphatic rings. The Hall–Kier alpha value is -0.650. The molecule has 0 radical (unpaired) electrons. The highest BCUT2D eigenvalue weighted by atomic mass is 31.2. The maximum Gasteiger partial charge on any atom is 0.472 e. The molecule has 0 aliphatic carbocycles. The molecule has 0 rings (SSSR count). The van der Waals surface area contributed by atoms with Crippen molar-refractivity contribution in [3.8, 4) is 0 Å². The summed E-state index contributed by atoms with van der Waals surface area (Å²) in [6, 6.07) is 0. The lowest BCUT2D eigenvalue weighted by atomic mass is 10.7. The van der Waals surface area contributed by atoms with Crippen LogP contribution in [0, 0.1) is 0 Å². The minimum Gasteiger partial charge on any atom is -0.473 e. The molecule has 0 heterocycles. The molecule has 88 valence electrons. The van der Waals surface area contributed by atoms with E-state index in [9.17, 15) is 4.57 Å². The molecular weight excluding hydrogens is 221 g/mol. The van der Waals surface area contributed by atoms with Gasteiger partial charge < -0.3 is 15.4 Å². The van der Waals surface area contributed by atoms with E-state index in [0.717, 1.165) is 0 Å². The fourth-order valence-corrected chi connectivity index (χ4v) is 1.25. The first kappa shape index (κ1) is 14.3. The number of allylic oxidation sites excluding steroid dienone is 1. The number of hydrogen-bond acceptors (Lipinski definition) is 5. The third-order valence-electron chi connectivity index (χ3n) is 1.10. The van der Waals surface area contributed by atoms with Crippen molar-refractivity contribution < 1.29 is 23.2 Å². The predicted octanol–water partition coefficient (Wildman–Crippen LogP) is 1.14. The van der Waals surface area contributed by atoms with Gasteiger partial charge in [0.25, 0.3) is 0 Å². The lowest BCUT2D eigenvalue weighted by molar-refractivity contribution is 0.164. The maximum atomic E-state index is 11.0. The van der Waals surface area contributed by atoms with Gasteiger partial charge in [-0.15, -0.1) is 0 Å². The quantitative estimate of drug-likeness (QED) is 0.486. The number of hydrogen-bond donors (Lipinski definition) is 2. The van der Waals surface area contributed by atoms with Gasteiger partial charge in [0.05, 0.1) is 25.7 Å². The van der Waals surface area contributed by atoms with Gasteiger partial charge in [0.2, 0.25) is 0 Å². The number of phosphoric acid groups is 1. The Balaban J connectivity index is 3.64. The van der Waals surface area contributed by atoms with E-state index in [0.29, 0.717) is 0 Å². The summed E-state index contributed by atoms with van der Waals surface area (Å²) in [6.45, 7) is 1.86. The second kappa shape index (κ2) is 8.64. The van der Waals surface area contributed by atoms with Crippen LogP contribution < -0.4 is 5.73 Å². The highest BCUT2D eigenvalue weighted by Gasteiger charge is 2.18. The van der Waals surface area contributed by atoms with Crippen LogP contribution in [0.4, 0.5) is 0 Å². The third kappa shape index (κ3) is 9.65. The molecule has 1 unspecified atom stereocenters. The summed E-state index contributed by atoms with van der Waals surface area (Å²) < 4.78 is 24.9. The first-order valence-electron chi connectivity index (χ1n) is 4.36. The van der Waals surface area contributed by atoms with Crippen molar-refractivity contribution in [1.82, 2.24) is 0 Å². The molecule has 6 nitrogen and oxygen atoms in total. The van der Waals surface area contributed by atoms with Crippen LogP contribution in [0.15, 0.2) is 24.7 Å². The van der Waals surface area contributed by atoms with Gasteiger partial charge in [0, 0.05) is 6.54 Å². The van der Waals surface area contributed by atoms with E-state index in [1.165, 1.54) is 18.6 Å². The SMILES string of the molecule is C/C=C/O/C=C/COP(=O)(O)OCCN. The molecule has 0 fully saturated rings. The third-order valence-corrected chi connectivity index (χ3v) is 2.08. The van der Waals surface area contributed by atoms with E-state index in [1.54, 1.807) is 13.0 Å². The highest BCUT2D eigenvalue weighted by Crippen LogP contribution is 2.42. The summed E-state index contributed by atoms with van der Waals surface area (Å²) in [4.78, 5) is 9.02. The molecule has 3 N–H and O–H groups in total. The van der Waals surface area contributed by atoms with E-state index in [4.69, 9.17) is 15.4 Å². The van der Waals surface area contributed by atoms with Crippen LogP contribution in [0.3, 0.4) is 0 Å². The van der Waals surface area contributed by atoms with Gasteiger partial charge in [-0.1, -0.05) is 6.08 Å². The maximum absolute atomic E-state index is 11.0. The summed E-state index contributed by atoms with van der Waals surface area (Å²) in [5, 5.41) is 0. The van der Waals surface area contributed by atoms with Gasteiger partial charge in [-0.05, 0) is 13.0 Å². The highest BCUT2D eigenvalue weighted by molar-refractivity contribution is 7.47. The van der Waals surface area contributed by atoms with Crippen molar-refractivity contribution >= 4 is 7.82 Å².